The van der Waals surface area contributed by atoms with Crippen LogP contribution >= 0.6 is 0 Å². The predicted molar refractivity (Wildman–Crippen MR) is 93.7 cm³/mol. The lowest BCUT2D eigenvalue weighted by atomic mass is 10.2. The van der Waals surface area contributed by atoms with Gasteiger partial charge in [0.05, 0.1) is 0 Å². The predicted octanol–water partition coefficient (Wildman–Crippen LogP) is 3.80. The SMILES string of the molecule is O=C(O)/C(=C/c1ccc(-c2ccccc2)o1)NC(=O)c1ccccc1. The zero-order valence-corrected chi connectivity index (χ0v) is 13.2. The van der Waals surface area contributed by atoms with Crippen molar-refractivity contribution in [2.75, 3.05) is 0 Å². The Bertz CT molecular complexity index is 911. The Morgan fingerprint density at radius 1 is 0.880 bits per heavy atom. The van der Waals surface area contributed by atoms with Gasteiger partial charge in [-0.2, -0.15) is 0 Å². The van der Waals surface area contributed by atoms with Gasteiger partial charge in [-0.15, -0.1) is 0 Å². The molecule has 0 aliphatic rings. The van der Waals surface area contributed by atoms with Crippen molar-refractivity contribution >= 4 is 18.0 Å². The van der Waals surface area contributed by atoms with Gasteiger partial charge in [0.2, 0.25) is 0 Å². The lowest BCUT2D eigenvalue weighted by molar-refractivity contribution is -0.132. The summed E-state index contributed by atoms with van der Waals surface area (Å²) in [4.78, 5) is 23.6. The molecule has 0 aliphatic heterocycles. The van der Waals surface area contributed by atoms with Crippen LogP contribution in [-0.2, 0) is 4.79 Å². The van der Waals surface area contributed by atoms with Gasteiger partial charge in [-0.1, -0.05) is 48.5 Å². The fourth-order valence-corrected chi connectivity index (χ4v) is 2.27. The first kappa shape index (κ1) is 16.3. The lowest BCUT2D eigenvalue weighted by Crippen LogP contribution is -2.27. The molecule has 0 bridgehead atoms. The molecule has 0 radical (unpaired) electrons. The summed E-state index contributed by atoms with van der Waals surface area (Å²) in [6.07, 6.45) is 1.29. The van der Waals surface area contributed by atoms with Crippen LogP contribution in [0.4, 0.5) is 0 Å². The van der Waals surface area contributed by atoms with Gasteiger partial charge in [0.15, 0.2) is 0 Å². The number of aliphatic carboxylic acids is 1. The molecule has 5 heteroatoms. The first-order valence-electron chi connectivity index (χ1n) is 7.60. The third kappa shape index (κ3) is 4.03. The highest BCUT2D eigenvalue weighted by molar-refractivity contribution is 6.02. The van der Waals surface area contributed by atoms with Gasteiger partial charge in [0, 0.05) is 17.2 Å². The van der Waals surface area contributed by atoms with E-state index in [0.717, 1.165) is 5.56 Å². The Kier molecular flexibility index (Phi) is 4.76. The average Bonchev–Trinajstić information content (AvgIpc) is 3.11. The Hall–Kier alpha value is -3.60. The van der Waals surface area contributed by atoms with Crippen molar-refractivity contribution in [3.05, 3.63) is 89.8 Å². The van der Waals surface area contributed by atoms with Crippen LogP contribution in [0.3, 0.4) is 0 Å². The van der Waals surface area contributed by atoms with E-state index in [2.05, 4.69) is 5.32 Å². The van der Waals surface area contributed by atoms with Gasteiger partial charge < -0.3 is 14.8 Å². The molecule has 0 fully saturated rings. The third-order valence-corrected chi connectivity index (χ3v) is 3.49. The molecule has 3 aromatic rings. The monoisotopic (exact) mass is 333 g/mol. The van der Waals surface area contributed by atoms with Crippen molar-refractivity contribution in [3.63, 3.8) is 0 Å². The normalized spacial score (nSPS) is 11.1. The van der Waals surface area contributed by atoms with E-state index < -0.39 is 11.9 Å². The number of furan rings is 1. The third-order valence-electron chi connectivity index (χ3n) is 3.49. The van der Waals surface area contributed by atoms with Gasteiger partial charge in [0.25, 0.3) is 5.91 Å². The van der Waals surface area contributed by atoms with Gasteiger partial charge in [0.1, 0.15) is 17.2 Å². The van der Waals surface area contributed by atoms with Crippen LogP contribution in [0.5, 0.6) is 0 Å². The maximum Gasteiger partial charge on any atom is 0.352 e. The van der Waals surface area contributed by atoms with E-state index in [1.165, 1.54) is 6.08 Å². The first-order chi connectivity index (χ1) is 12.1. The second-order valence-corrected chi connectivity index (χ2v) is 5.25. The molecule has 25 heavy (non-hydrogen) atoms. The fraction of sp³-hybridized carbons (Fsp3) is 0. The zero-order chi connectivity index (χ0) is 17.6. The van der Waals surface area contributed by atoms with E-state index in [0.29, 0.717) is 17.1 Å². The highest BCUT2D eigenvalue weighted by atomic mass is 16.4. The molecule has 1 amide bonds. The smallest absolute Gasteiger partial charge is 0.352 e. The maximum absolute atomic E-state index is 12.1. The number of carbonyl (C=O) groups excluding carboxylic acids is 1. The number of benzene rings is 2. The molecular weight excluding hydrogens is 318 g/mol. The summed E-state index contributed by atoms with van der Waals surface area (Å²) in [6, 6.07) is 21.3. The molecule has 5 nitrogen and oxygen atoms in total. The van der Waals surface area contributed by atoms with E-state index in [-0.39, 0.29) is 5.70 Å². The van der Waals surface area contributed by atoms with E-state index >= 15 is 0 Å². The van der Waals surface area contributed by atoms with E-state index in [4.69, 9.17) is 4.42 Å². The molecule has 0 saturated carbocycles. The standard InChI is InChI=1S/C20H15NO4/c22-19(15-9-5-2-6-10-15)21-17(20(23)24)13-16-11-12-18(25-16)14-7-3-1-4-8-14/h1-13H,(H,21,22)(H,23,24)/b17-13-. The second-order valence-electron chi connectivity index (χ2n) is 5.25. The van der Waals surface area contributed by atoms with Crippen molar-refractivity contribution in [2.24, 2.45) is 0 Å². The van der Waals surface area contributed by atoms with Gasteiger partial charge in [-0.05, 0) is 24.3 Å². The summed E-state index contributed by atoms with van der Waals surface area (Å²) in [5.74, 6) is -0.790. The van der Waals surface area contributed by atoms with Gasteiger partial charge in [-0.3, -0.25) is 4.79 Å². The van der Waals surface area contributed by atoms with E-state index in [1.807, 2.05) is 30.3 Å². The number of rotatable bonds is 5. The minimum atomic E-state index is -1.25. The Morgan fingerprint density at radius 3 is 2.16 bits per heavy atom. The van der Waals surface area contributed by atoms with Crippen LogP contribution in [0.15, 0.2) is 82.9 Å². The molecule has 0 spiro atoms. The number of carboxylic acids is 1. The highest BCUT2D eigenvalue weighted by Crippen LogP contribution is 2.22. The van der Waals surface area contributed by atoms with E-state index in [9.17, 15) is 14.7 Å². The molecular formula is C20H15NO4. The van der Waals surface area contributed by atoms with Crippen molar-refractivity contribution in [3.8, 4) is 11.3 Å². The van der Waals surface area contributed by atoms with Crippen molar-refractivity contribution < 1.29 is 19.1 Å². The molecule has 0 saturated heterocycles. The van der Waals surface area contributed by atoms with E-state index in [1.54, 1.807) is 42.5 Å². The summed E-state index contributed by atoms with van der Waals surface area (Å²) in [5, 5.41) is 11.7. The largest absolute Gasteiger partial charge is 0.477 e. The first-order valence-corrected chi connectivity index (χ1v) is 7.60. The van der Waals surface area contributed by atoms with Crippen LogP contribution in [0.25, 0.3) is 17.4 Å². The Morgan fingerprint density at radius 2 is 1.52 bits per heavy atom. The van der Waals surface area contributed by atoms with Crippen molar-refractivity contribution in [2.45, 2.75) is 0 Å². The minimum absolute atomic E-state index is 0.261. The molecule has 0 unspecified atom stereocenters. The highest BCUT2D eigenvalue weighted by Gasteiger charge is 2.14. The topological polar surface area (TPSA) is 79.5 Å². The molecule has 2 N–H and O–H groups in total. The number of hydrogen-bond acceptors (Lipinski definition) is 3. The summed E-state index contributed by atoms with van der Waals surface area (Å²) >= 11 is 0. The number of amides is 1. The second kappa shape index (κ2) is 7.31. The van der Waals surface area contributed by atoms with Crippen LogP contribution in [0, 0.1) is 0 Å². The summed E-state index contributed by atoms with van der Waals surface area (Å²) in [5.41, 5.74) is 0.995. The molecule has 0 aliphatic carbocycles. The number of hydrogen-bond donors (Lipinski definition) is 2. The molecule has 0 atom stereocenters. The average molecular weight is 333 g/mol. The Labute approximate surface area is 144 Å². The van der Waals surface area contributed by atoms with Gasteiger partial charge >= 0.3 is 5.97 Å². The van der Waals surface area contributed by atoms with Crippen LogP contribution in [0.2, 0.25) is 0 Å². The van der Waals surface area contributed by atoms with Crippen LogP contribution < -0.4 is 5.32 Å². The fourth-order valence-electron chi connectivity index (χ4n) is 2.27. The summed E-state index contributed by atoms with van der Waals surface area (Å²) in [6.45, 7) is 0. The number of nitrogens with one attached hydrogen (secondary N) is 1. The number of carboxylic acid groups (broad SMARTS) is 1. The van der Waals surface area contributed by atoms with Crippen LogP contribution in [-0.4, -0.2) is 17.0 Å². The molecule has 124 valence electrons. The molecule has 1 heterocycles. The Balaban J connectivity index is 1.82. The summed E-state index contributed by atoms with van der Waals surface area (Å²) in [7, 11) is 0. The van der Waals surface area contributed by atoms with Crippen molar-refractivity contribution in [1.82, 2.24) is 5.32 Å². The van der Waals surface area contributed by atoms with Crippen molar-refractivity contribution in [1.29, 1.82) is 0 Å². The zero-order valence-electron chi connectivity index (χ0n) is 13.2. The summed E-state index contributed by atoms with van der Waals surface area (Å²) < 4.78 is 5.65. The minimum Gasteiger partial charge on any atom is -0.477 e. The maximum atomic E-state index is 12.1. The van der Waals surface area contributed by atoms with Gasteiger partial charge in [-0.25, -0.2) is 4.79 Å². The quantitative estimate of drug-likeness (QED) is 0.696. The molecule has 3 rings (SSSR count). The molecule has 1 aromatic heterocycles. The lowest BCUT2D eigenvalue weighted by Gasteiger charge is -2.05. The van der Waals surface area contributed by atoms with Crippen LogP contribution in [0.1, 0.15) is 16.1 Å². The number of carbonyl (C=O) groups is 2. The molecule has 2 aromatic carbocycles.